The highest BCUT2D eigenvalue weighted by molar-refractivity contribution is 6.38. The molecule has 0 atom stereocenters. The smallest absolute Gasteiger partial charge is 0.0894 e. The van der Waals surface area contributed by atoms with Gasteiger partial charge in [-0.2, -0.15) is 0 Å². The summed E-state index contributed by atoms with van der Waals surface area (Å²) in [6.45, 7) is 0.823. The van der Waals surface area contributed by atoms with Gasteiger partial charge < -0.3 is 5.43 Å². The Morgan fingerprint density at radius 2 is 1.68 bits per heavy atom. The van der Waals surface area contributed by atoms with E-state index >= 15 is 0 Å². The maximum Gasteiger partial charge on any atom is 0.0894 e. The molecule has 0 aliphatic heterocycles. The summed E-state index contributed by atoms with van der Waals surface area (Å²) >= 11 is 12.0. The molecule has 19 heavy (non-hydrogen) atoms. The number of nitrogens with one attached hydrogen (secondary N) is 2. The molecule has 0 aliphatic rings. The fourth-order valence-corrected chi connectivity index (χ4v) is 2.17. The van der Waals surface area contributed by atoms with Crippen LogP contribution in [-0.2, 0) is 6.42 Å². The summed E-state index contributed by atoms with van der Waals surface area (Å²) in [4.78, 5) is 3.90. The van der Waals surface area contributed by atoms with Gasteiger partial charge in [0.05, 0.1) is 15.7 Å². The Morgan fingerprint density at radius 3 is 2.37 bits per heavy atom. The number of aromatic nitrogens is 1. The van der Waals surface area contributed by atoms with Crippen LogP contribution < -0.4 is 10.9 Å². The Bertz CT molecular complexity index is 497. The van der Waals surface area contributed by atoms with Crippen molar-refractivity contribution >= 4 is 28.9 Å². The first-order chi connectivity index (χ1) is 9.27. The zero-order valence-electron chi connectivity index (χ0n) is 10.4. The average molecular weight is 296 g/mol. The summed E-state index contributed by atoms with van der Waals surface area (Å²) in [5, 5.41) is 1.01. The number of hydrogen-bond acceptors (Lipinski definition) is 3. The molecule has 3 nitrogen and oxygen atoms in total. The van der Waals surface area contributed by atoms with Gasteiger partial charge in [0.15, 0.2) is 0 Å². The summed E-state index contributed by atoms with van der Waals surface area (Å²) in [6, 6.07) is 10.4. The largest absolute Gasteiger partial charge is 0.319 e. The maximum atomic E-state index is 5.99. The van der Waals surface area contributed by atoms with Crippen LogP contribution in [0.2, 0.25) is 10.0 Å². The van der Waals surface area contributed by atoms with Crippen molar-refractivity contribution in [3.63, 3.8) is 0 Å². The fourth-order valence-electron chi connectivity index (χ4n) is 1.71. The molecule has 0 unspecified atom stereocenters. The van der Waals surface area contributed by atoms with Crippen molar-refractivity contribution in [3.8, 4) is 0 Å². The van der Waals surface area contributed by atoms with Gasteiger partial charge >= 0.3 is 0 Å². The Morgan fingerprint density at radius 1 is 1.00 bits per heavy atom. The van der Waals surface area contributed by atoms with Crippen molar-refractivity contribution in [3.05, 3.63) is 58.3 Å². The van der Waals surface area contributed by atoms with E-state index in [1.165, 1.54) is 5.56 Å². The first kappa shape index (κ1) is 14.1. The van der Waals surface area contributed by atoms with Crippen molar-refractivity contribution in [1.29, 1.82) is 0 Å². The Labute approximate surface area is 122 Å². The van der Waals surface area contributed by atoms with Gasteiger partial charge in [-0.25, -0.2) is 5.43 Å². The van der Waals surface area contributed by atoms with Crippen molar-refractivity contribution in [1.82, 2.24) is 10.4 Å². The van der Waals surface area contributed by atoms with E-state index in [0.29, 0.717) is 15.7 Å². The quantitative estimate of drug-likeness (QED) is 0.626. The van der Waals surface area contributed by atoms with E-state index in [0.717, 1.165) is 19.4 Å². The number of hydrazine groups is 1. The highest BCUT2D eigenvalue weighted by atomic mass is 35.5. The van der Waals surface area contributed by atoms with Gasteiger partial charge in [-0.3, -0.25) is 4.98 Å². The second-order valence-corrected chi connectivity index (χ2v) is 4.93. The molecule has 1 aromatic heterocycles. The topological polar surface area (TPSA) is 37.0 Å². The number of anilines is 1. The van der Waals surface area contributed by atoms with Gasteiger partial charge in [0.25, 0.3) is 0 Å². The molecule has 0 amide bonds. The second kappa shape index (κ2) is 7.34. The van der Waals surface area contributed by atoms with Crippen LogP contribution in [-0.4, -0.2) is 11.5 Å². The van der Waals surface area contributed by atoms with Crippen LogP contribution in [0, 0.1) is 0 Å². The van der Waals surface area contributed by atoms with Crippen LogP contribution >= 0.6 is 23.2 Å². The van der Waals surface area contributed by atoms with Crippen LogP contribution in [0.25, 0.3) is 0 Å². The molecule has 1 heterocycles. The molecule has 100 valence electrons. The lowest BCUT2D eigenvalue weighted by atomic mass is 10.1. The highest BCUT2D eigenvalue weighted by Crippen LogP contribution is 2.27. The normalized spacial score (nSPS) is 10.4. The summed E-state index contributed by atoms with van der Waals surface area (Å²) in [6.07, 6.45) is 5.17. The summed E-state index contributed by atoms with van der Waals surface area (Å²) in [5.74, 6) is 0. The lowest BCUT2D eigenvalue weighted by Crippen LogP contribution is -2.23. The first-order valence-corrected chi connectivity index (χ1v) is 6.85. The van der Waals surface area contributed by atoms with Gasteiger partial charge in [-0.15, -0.1) is 0 Å². The lowest BCUT2D eigenvalue weighted by Gasteiger charge is -2.11. The zero-order valence-corrected chi connectivity index (χ0v) is 11.9. The minimum absolute atomic E-state index is 0.503. The molecule has 0 fully saturated rings. The van der Waals surface area contributed by atoms with Crippen LogP contribution in [0.3, 0.4) is 0 Å². The van der Waals surface area contributed by atoms with Gasteiger partial charge in [-0.05, 0) is 18.4 Å². The number of nitrogens with zero attached hydrogens (tertiary/aromatic N) is 1. The molecule has 5 heteroatoms. The first-order valence-electron chi connectivity index (χ1n) is 6.09. The number of halogens is 2. The number of hydrogen-bond donors (Lipinski definition) is 2. The van der Waals surface area contributed by atoms with Crippen LogP contribution in [0.15, 0.2) is 42.7 Å². The molecule has 0 radical (unpaired) electrons. The number of pyridine rings is 1. The Balaban J connectivity index is 1.73. The predicted molar refractivity (Wildman–Crippen MR) is 80.6 cm³/mol. The van der Waals surface area contributed by atoms with Crippen LogP contribution in [0.1, 0.15) is 12.0 Å². The molecule has 0 aliphatic carbocycles. The van der Waals surface area contributed by atoms with E-state index < -0.39 is 0 Å². The molecule has 1 aromatic carbocycles. The van der Waals surface area contributed by atoms with E-state index in [-0.39, 0.29) is 0 Å². The van der Waals surface area contributed by atoms with E-state index in [2.05, 4.69) is 40.1 Å². The van der Waals surface area contributed by atoms with E-state index in [1.807, 2.05) is 6.07 Å². The lowest BCUT2D eigenvalue weighted by molar-refractivity contribution is 0.717. The molecule has 2 rings (SSSR count). The Hall–Kier alpha value is -1.29. The molecule has 0 saturated carbocycles. The number of rotatable bonds is 6. The summed E-state index contributed by atoms with van der Waals surface area (Å²) in [7, 11) is 0. The predicted octanol–water partition coefficient (Wildman–Crippen LogP) is 3.94. The van der Waals surface area contributed by atoms with E-state index in [1.54, 1.807) is 12.4 Å². The van der Waals surface area contributed by atoms with Gasteiger partial charge in [0.1, 0.15) is 0 Å². The molecular weight excluding hydrogens is 281 g/mol. The van der Waals surface area contributed by atoms with Crippen molar-refractivity contribution in [2.45, 2.75) is 12.8 Å². The maximum absolute atomic E-state index is 5.99. The SMILES string of the molecule is Clc1cncc(Cl)c1NNCCCc1ccccc1. The standard InChI is InChI=1S/C14H15Cl2N3/c15-12-9-17-10-13(16)14(12)19-18-8-4-7-11-5-2-1-3-6-11/h1-3,5-6,9-10,18H,4,7-8H2,(H,17,19). The number of benzene rings is 1. The molecular formula is C14H15Cl2N3. The summed E-state index contributed by atoms with van der Waals surface area (Å²) < 4.78 is 0. The van der Waals surface area contributed by atoms with Gasteiger partial charge in [-0.1, -0.05) is 53.5 Å². The van der Waals surface area contributed by atoms with Crippen molar-refractivity contribution in [2.75, 3.05) is 12.0 Å². The Kier molecular flexibility index (Phi) is 5.45. The van der Waals surface area contributed by atoms with Crippen LogP contribution in [0.5, 0.6) is 0 Å². The van der Waals surface area contributed by atoms with E-state index in [9.17, 15) is 0 Å². The highest BCUT2D eigenvalue weighted by Gasteiger charge is 2.04. The molecule has 0 bridgehead atoms. The average Bonchev–Trinajstić information content (AvgIpc) is 2.42. The van der Waals surface area contributed by atoms with E-state index in [4.69, 9.17) is 23.2 Å². The van der Waals surface area contributed by atoms with Gasteiger partial charge in [0.2, 0.25) is 0 Å². The molecule has 0 spiro atoms. The van der Waals surface area contributed by atoms with Crippen molar-refractivity contribution < 1.29 is 0 Å². The fraction of sp³-hybridized carbons (Fsp3) is 0.214. The molecule has 0 saturated heterocycles. The molecule has 2 aromatic rings. The second-order valence-electron chi connectivity index (χ2n) is 4.12. The zero-order chi connectivity index (χ0) is 13.5. The van der Waals surface area contributed by atoms with Gasteiger partial charge in [0, 0.05) is 18.9 Å². The third-order valence-electron chi connectivity index (χ3n) is 2.68. The van der Waals surface area contributed by atoms with Crippen molar-refractivity contribution in [2.24, 2.45) is 0 Å². The number of aryl methyl sites for hydroxylation is 1. The minimum atomic E-state index is 0.503. The molecule has 2 N–H and O–H groups in total. The third-order valence-corrected chi connectivity index (χ3v) is 3.25. The third kappa shape index (κ3) is 4.39. The minimum Gasteiger partial charge on any atom is -0.319 e. The monoisotopic (exact) mass is 295 g/mol. The summed E-state index contributed by atoms with van der Waals surface area (Å²) in [5.41, 5.74) is 8.12. The van der Waals surface area contributed by atoms with Crippen LogP contribution in [0.4, 0.5) is 5.69 Å².